The Labute approximate surface area is 142 Å². The number of amides is 1. The summed E-state index contributed by atoms with van der Waals surface area (Å²) in [7, 11) is 0. The van der Waals surface area contributed by atoms with Gasteiger partial charge >= 0.3 is 0 Å². The Morgan fingerprint density at radius 2 is 2.09 bits per heavy atom. The molecule has 22 heavy (non-hydrogen) atoms. The maximum absolute atomic E-state index is 13.3. The summed E-state index contributed by atoms with van der Waals surface area (Å²) < 4.78 is 13.3. The third-order valence-corrected chi connectivity index (χ3v) is 4.48. The lowest BCUT2D eigenvalue weighted by atomic mass is 9.94. The highest BCUT2D eigenvalue weighted by Gasteiger charge is 2.16. The van der Waals surface area contributed by atoms with Gasteiger partial charge in [-0.1, -0.05) is 6.07 Å². The van der Waals surface area contributed by atoms with Crippen LogP contribution in [-0.4, -0.2) is 25.3 Å². The molecule has 0 unspecified atom stereocenters. The van der Waals surface area contributed by atoms with E-state index in [2.05, 4.69) is 10.6 Å². The molecule has 2 N–H and O–H groups in total. The van der Waals surface area contributed by atoms with Crippen molar-refractivity contribution in [1.29, 1.82) is 0 Å². The summed E-state index contributed by atoms with van der Waals surface area (Å²) in [6.45, 7) is 2.50. The molecule has 0 atom stereocenters. The molecule has 1 aliphatic rings. The number of carbonyl (C=O) groups excluding carboxylic acids is 1. The number of rotatable bonds is 6. The predicted octanol–water partition coefficient (Wildman–Crippen LogP) is 3.12. The van der Waals surface area contributed by atoms with E-state index in [-0.39, 0.29) is 24.1 Å². The van der Waals surface area contributed by atoms with Crippen LogP contribution in [0.4, 0.5) is 4.39 Å². The van der Waals surface area contributed by atoms with Gasteiger partial charge in [-0.05, 0) is 61.4 Å². The van der Waals surface area contributed by atoms with Gasteiger partial charge in [0.15, 0.2) is 0 Å². The quantitative estimate of drug-likeness (QED) is 0.831. The standard InChI is InChI=1S/C16H23FN2OS.ClH/c1-21-11-14-9-15(17)3-2-13(14)10-19-16(20)8-12-4-6-18-7-5-12;/h2-3,9,12,18H,4-8,10-11H2,1H3,(H,19,20);1H. The third kappa shape index (κ3) is 6.15. The van der Waals surface area contributed by atoms with Crippen LogP contribution < -0.4 is 10.6 Å². The maximum atomic E-state index is 13.3. The average molecular weight is 347 g/mol. The van der Waals surface area contributed by atoms with E-state index in [9.17, 15) is 9.18 Å². The van der Waals surface area contributed by atoms with Crippen LogP contribution in [-0.2, 0) is 17.1 Å². The van der Waals surface area contributed by atoms with E-state index in [0.29, 0.717) is 18.9 Å². The first kappa shape index (κ1) is 19.3. The molecule has 1 aromatic rings. The number of hydrogen-bond donors (Lipinski definition) is 2. The molecule has 1 aliphatic heterocycles. The van der Waals surface area contributed by atoms with Crippen LogP contribution in [0.5, 0.6) is 0 Å². The minimum atomic E-state index is -0.219. The highest BCUT2D eigenvalue weighted by atomic mass is 35.5. The molecule has 0 spiro atoms. The van der Waals surface area contributed by atoms with Gasteiger partial charge in [0.1, 0.15) is 5.82 Å². The van der Waals surface area contributed by atoms with E-state index >= 15 is 0 Å². The topological polar surface area (TPSA) is 41.1 Å². The van der Waals surface area contributed by atoms with Crippen LogP contribution in [0.15, 0.2) is 18.2 Å². The summed E-state index contributed by atoms with van der Waals surface area (Å²) in [6.07, 6.45) is 4.73. The van der Waals surface area contributed by atoms with Gasteiger partial charge in [0.2, 0.25) is 5.91 Å². The summed E-state index contributed by atoms with van der Waals surface area (Å²) in [5.74, 6) is 1.13. The van der Waals surface area contributed by atoms with E-state index < -0.39 is 0 Å². The number of hydrogen-bond acceptors (Lipinski definition) is 3. The fourth-order valence-electron chi connectivity index (χ4n) is 2.67. The van der Waals surface area contributed by atoms with E-state index in [1.54, 1.807) is 23.9 Å². The molecule has 1 amide bonds. The van der Waals surface area contributed by atoms with Crippen molar-refractivity contribution in [3.05, 3.63) is 35.1 Å². The van der Waals surface area contributed by atoms with Gasteiger partial charge in [-0.2, -0.15) is 11.8 Å². The van der Waals surface area contributed by atoms with Crippen molar-refractivity contribution in [2.75, 3.05) is 19.3 Å². The van der Waals surface area contributed by atoms with Crippen LogP contribution in [0.25, 0.3) is 0 Å². The number of piperidine rings is 1. The zero-order valence-electron chi connectivity index (χ0n) is 12.9. The Hall–Kier alpha value is -0.780. The van der Waals surface area contributed by atoms with E-state index in [1.807, 2.05) is 6.26 Å². The molecule has 0 aromatic heterocycles. The Bertz CT molecular complexity index is 481. The van der Waals surface area contributed by atoms with Crippen LogP contribution >= 0.6 is 24.2 Å². The Balaban J connectivity index is 0.00000242. The lowest BCUT2D eigenvalue weighted by Gasteiger charge is -2.22. The van der Waals surface area contributed by atoms with Gasteiger partial charge < -0.3 is 10.6 Å². The van der Waals surface area contributed by atoms with Crippen LogP contribution in [0.1, 0.15) is 30.4 Å². The molecule has 1 heterocycles. The van der Waals surface area contributed by atoms with E-state index in [1.165, 1.54) is 6.07 Å². The highest BCUT2D eigenvalue weighted by molar-refractivity contribution is 7.97. The molecule has 1 fully saturated rings. The molecule has 0 saturated carbocycles. The molecular formula is C16H24ClFN2OS. The normalized spacial score (nSPS) is 15.2. The second-order valence-electron chi connectivity index (χ2n) is 5.52. The second kappa shape index (κ2) is 10.1. The minimum Gasteiger partial charge on any atom is -0.352 e. The minimum absolute atomic E-state index is 0. The van der Waals surface area contributed by atoms with Crippen molar-refractivity contribution in [2.24, 2.45) is 5.92 Å². The lowest BCUT2D eigenvalue weighted by Crippen LogP contribution is -2.32. The molecule has 0 radical (unpaired) electrons. The fourth-order valence-corrected chi connectivity index (χ4v) is 3.25. The molecule has 1 aromatic carbocycles. The maximum Gasteiger partial charge on any atom is 0.220 e. The molecule has 0 bridgehead atoms. The summed E-state index contributed by atoms with van der Waals surface area (Å²) in [5.41, 5.74) is 1.97. The second-order valence-corrected chi connectivity index (χ2v) is 6.39. The molecule has 2 rings (SSSR count). The van der Waals surface area contributed by atoms with E-state index in [4.69, 9.17) is 0 Å². The van der Waals surface area contributed by atoms with Crippen molar-refractivity contribution >= 4 is 30.1 Å². The predicted molar refractivity (Wildman–Crippen MR) is 92.9 cm³/mol. The van der Waals surface area contributed by atoms with Gasteiger partial charge in [0, 0.05) is 18.7 Å². The highest BCUT2D eigenvalue weighted by Crippen LogP contribution is 2.18. The van der Waals surface area contributed by atoms with Crippen LogP contribution in [0.2, 0.25) is 0 Å². The van der Waals surface area contributed by atoms with Crippen LogP contribution in [0.3, 0.4) is 0 Å². The Kier molecular flexibility index (Phi) is 8.83. The summed E-state index contributed by atoms with van der Waals surface area (Å²) >= 11 is 1.65. The number of thioether (sulfide) groups is 1. The third-order valence-electron chi connectivity index (χ3n) is 3.88. The average Bonchev–Trinajstić information content (AvgIpc) is 2.48. The molecule has 3 nitrogen and oxygen atoms in total. The van der Waals surface area contributed by atoms with E-state index in [0.717, 1.165) is 42.8 Å². The van der Waals surface area contributed by atoms with Crippen LogP contribution in [0, 0.1) is 11.7 Å². The Morgan fingerprint density at radius 3 is 2.77 bits per heavy atom. The summed E-state index contributed by atoms with van der Waals surface area (Å²) in [4.78, 5) is 12.0. The first-order chi connectivity index (χ1) is 10.2. The van der Waals surface area contributed by atoms with Crippen molar-refractivity contribution in [3.8, 4) is 0 Å². The molecule has 6 heteroatoms. The monoisotopic (exact) mass is 346 g/mol. The smallest absolute Gasteiger partial charge is 0.220 e. The lowest BCUT2D eigenvalue weighted by molar-refractivity contribution is -0.122. The zero-order chi connectivity index (χ0) is 15.1. The van der Waals surface area contributed by atoms with Crippen molar-refractivity contribution in [3.63, 3.8) is 0 Å². The van der Waals surface area contributed by atoms with Gasteiger partial charge in [-0.3, -0.25) is 4.79 Å². The van der Waals surface area contributed by atoms with Crippen molar-refractivity contribution in [2.45, 2.75) is 31.6 Å². The van der Waals surface area contributed by atoms with Gasteiger partial charge in [-0.25, -0.2) is 4.39 Å². The number of nitrogens with one attached hydrogen (secondary N) is 2. The fraction of sp³-hybridized carbons (Fsp3) is 0.562. The van der Waals surface area contributed by atoms with Gasteiger partial charge in [0.05, 0.1) is 0 Å². The molecule has 1 saturated heterocycles. The molecular weight excluding hydrogens is 323 g/mol. The first-order valence-corrected chi connectivity index (χ1v) is 8.82. The molecule has 124 valence electrons. The van der Waals surface area contributed by atoms with Gasteiger partial charge in [-0.15, -0.1) is 12.4 Å². The SMILES string of the molecule is CSCc1cc(F)ccc1CNC(=O)CC1CCNCC1.Cl. The van der Waals surface area contributed by atoms with Gasteiger partial charge in [0.25, 0.3) is 0 Å². The number of benzene rings is 1. The Morgan fingerprint density at radius 1 is 1.36 bits per heavy atom. The first-order valence-electron chi connectivity index (χ1n) is 7.42. The molecule has 0 aliphatic carbocycles. The summed E-state index contributed by atoms with van der Waals surface area (Å²) in [5, 5.41) is 6.28. The van der Waals surface area contributed by atoms with Crippen molar-refractivity contribution < 1.29 is 9.18 Å². The zero-order valence-corrected chi connectivity index (χ0v) is 14.5. The largest absolute Gasteiger partial charge is 0.352 e. The summed E-state index contributed by atoms with van der Waals surface area (Å²) in [6, 6.07) is 4.79. The number of carbonyl (C=O) groups is 1. The number of halogens is 2. The van der Waals surface area contributed by atoms with Crippen molar-refractivity contribution in [1.82, 2.24) is 10.6 Å².